The minimum Gasteiger partial charge on any atom is -0.373 e. The van der Waals surface area contributed by atoms with Crippen molar-refractivity contribution in [3.05, 3.63) is 47.8 Å². The third-order valence-electron chi connectivity index (χ3n) is 4.10. The van der Waals surface area contributed by atoms with Crippen LogP contribution in [0.5, 0.6) is 0 Å². The molecule has 24 heavy (non-hydrogen) atoms. The van der Waals surface area contributed by atoms with E-state index in [9.17, 15) is 8.42 Å². The van der Waals surface area contributed by atoms with Gasteiger partial charge in [0.15, 0.2) is 0 Å². The van der Waals surface area contributed by atoms with Gasteiger partial charge < -0.3 is 4.74 Å². The zero-order chi connectivity index (χ0) is 17.2. The molecule has 1 aromatic carbocycles. The van der Waals surface area contributed by atoms with Gasteiger partial charge in [-0.05, 0) is 18.6 Å². The molecule has 0 aliphatic carbocycles. The number of sulfonamides is 1. The molecule has 7 nitrogen and oxygen atoms in total. The van der Waals surface area contributed by atoms with E-state index in [-0.39, 0.29) is 29.0 Å². The summed E-state index contributed by atoms with van der Waals surface area (Å²) in [6.45, 7) is 0.836. The Bertz CT molecular complexity index is 869. The zero-order valence-electron chi connectivity index (χ0n) is 13.2. The van der Waals surface area contributed by atoms with Crippen molar-refractivity contribution in [3.63, 3.8) is 0 Å². The largest absolute Gasteiger partial charge is 0.373 e. The van der Waals surface area contributed by atoms with Crippen LogP contribution in [0.15, 0.2) is 41.6 Å². The van der Waals surface area contributed by atoms with Crippen LogP contribution in [0.3, 0.4) is 0 Å². The van der Waals surface area contributed by atoms with Gasteiger partial charge >= 0.3 is 0 Å². The number of benzene rings is 1. The van der Waals surface area contributed by atoms with Crippen molar-refractivity contribution in [3.8, 4) is 6.07 Å². The predicted octanol–water partition coefficient (Wildman–Crippen LogP) is 1.35. The Morgan fingerprint density at radius 1 is 1.46 bits per heavy atom. The minimum atomic E-state index is -3.74. The van der Waals surface area contributed by atoms with Crippen LogP contribution in [-0.4, -0.2) is 31.3 Å². The molecule has 0 unspecified atom stereocenters. The third kappa shape index (κ3) is 3.33. The molecular formula is C16H18N4O3S. The van der Waals surface area contributed by atoms with E-state index in [1.165, 1.54) is 12.1 Å². The first kappa shape index (κ1) is 16.6. The van der Waals surface area contributed by atoms with E-state index in [0.29, 0.717) is 6.61 Å². The standard InChI is InChI=1S/C16H18N4O3S/c1-20-11-14(9-18-20)16-13(6-7-23-16)10-19-24(21,22)15-5-3-2-4-12(15)8-17/h2-5,9,11,13,16,19H,6-7,10H2,1H3/t13-,16+/m0/s1. The number of hydrogen-bond acceptors (Lipinski definition) is 5. The summed E-state index contributed by atoms with van der Waals surface area (Å²) in [5.74, 6) is 0.0261. The van der Waals surface area contributed by atoms with Crippen molar-refractivity contribution in [2.24, 2.45) is 13.0 Å². The molecule has 0 bridgehead atoms. The summed E-state index contributed by atoms with van der Waals surface area (Å²) in [4.78, 5) is 0.00402. The molecule has 0 spiro atoms. The lowest BCUT2D eigenvalue weighted by atomic mass is 9.98. The smallest absolute Gasteiger partial charge is 0.241 e. The fraction of sp³-hybridized carbons (Fsp3) is 0.375. The second kappa shape index (κ2) is 6.73. The van der Waals surface area contributed by atoms with Gasteiger partial charge in [-0.25, -0.2) is 13.1 Å². The van der Waals surface area contributed by atoms with Crippen LogP contribution in [0.25, 0.3) is 0 Å². The van der Waals surface area contributed by atoms with E-state index in [4.69, 9.17) is 10.00 Å². The lowest BCUT2D eigenvalue weighted by molar-refractivity contribution is 0.0917. The quantitative estimate of drug-likeness (QED) is 0.881. The van der Waals surface area contributed by atoms with Gasteiger partial charge in [0.25, 0.3) is 0 Å². The van der Waals surface area contributed by atoms with Gasteiger partial charge in [-0.3, -0.25) is 4.68 Å². The lowest BCUT2D eigenvalue weighted by Crippen LogP contribution is -2.31. The molecule has 8 heteroatoms. The molecular weight excluding hydrogens is 328 g/mol. The highest BCUT2D eigenvalue weighted by molar-refractivity contribution is 7.89. The lowest BCUT2D eigenvalue weighted by Gasteiger charge is -2.18. The van der Waals surface area contributed by atoms with Crippen molar-refractivity contribution in [1.82, 2.24) is 14.5 Å². The predicted molar refractivity (Wildman–Crippen MR) is 86.4 cm³/mol. The van der Waals surface area contributed by atoms with Crippen LogP contribution >= 0.6 is 0 Å². The third-order valence-corrected chi connectivity index (χ3v) is 5.58. The zero-order valence-corrected chi connectivity index (χ0v) is 14.0. The summed E-state index contributed by atoms with van der Waals surface area (Å²) < 4.78 is 35.0. The van der Waals surface area contributed by atoms with E-state index in [1.54, 1.807) is 23.0 Å². The van der Waals surface area contributed by atoms with Crippen LogP contribution in [0.1, 0.15) is 23.7 Å². The van der Waals surface area contributed by atoms with Crippen molar-refractivity contribution in [2.75, 3.05) is 13.2 Å². The van der Waals surface area contributed by atoms with E-state index >= 15 is 0 Å². The number of nitrogens with zero attached hydrogens (tertiary/aromatic N) is 3. The van der Waals surface area contributed by atoms with Gasteiger partial charge in [0.05, 0.1) is 22.8 Å². The Balaban J connectivity index is 1.74. The average Bonchev–Trinajstić information content (AvgIpc) is 3.21. The molecule has 2 aromatic rings. The normalized spacial score (nSPS) is 20.8. The molecule has 1 aliphatic heterocycles. The maximum atomic E-state index is 12.5. The van der Waals surface area contributed by atoms with Crippen LogP contribution in [0.2, 0.25) is 0 Å². The molecule has 2 atom stereocenters. The maximum absolute atomic E-state index is 12.5. The summed E-state index contributed by atoms with van der Waals surface area (Å²) in [6, 6.07) is 8.08. The number of aromatic nitrogens is 2. The first-order chi connectivity index (χ1) is 11.5. The summed E-state index contributed by atoms with van der Waals surface area (Å²) in [5, 5.41) is 13.2. The second-order valence-electron chi connectivity index (χ2n) is 5.75. The average molecular weight is 346 g/mol. The van der Waals surface area contributed by atoms with Gasteiger partial charge in [0.2, 0.25) is 10.0 Å². The minimum absolute atomic E-state index is 0.00402. The van der Waals surface area contributed by atoms with Crippen LogP contribution in [0, 0.1) is 17.2 Å². The number of aryl methyl sites for hydroxylation is 1. The van der Waals surface area contributed by atoms with E-state index in [2.05, 4.69) is 9.82 Å². The molecule has 1 aliphatic rings. The highest BCUT2D eigenvalue weighted by Crippen LogP contribution is 2.34. The Labute approximate surface area is 140 Å². The maximum Gasteiger partial charge on any atom is 0.241 e. The highest BCUT2D eigenvalue weighted by Gasteiger charge is 2.32. The Kier molecular flexibility index (Phi) is 4.66. The van der Waals surface area contributed by atoms with E-state index in [1.807, 2.05) is 19.3 Å². The summed E-state index contributed by atoms with van der Waals surface area (Å²) >= 11 is 0. The number of nitrogens with one attached hydrogen (secondary N) is 1. The first-order valence-corrected chi connectivity index (χ1v) is 9.08. The van der Waals surface area contributed by atoms with Crippen molar-refractivity contribution < 1.29 is 13.2 Å². The molecule has 2 heterocycles. The van der Waals surface area contributed by atoms with E-state index in [0.717, 1.165) is 12.0 Å². The second-order valence-corrected chi connectivity index (χ2v) is 7.48. The van der Waals surface area contributed by atoms with Gasteiger partial charge in [-0.1, -0.05) is 12.1 Å². The van der Waals surface area contributed by atoms with Crippen molar-refractivity contribution in [2.45, 2.75) is 17.4 Å². The van der Waals surface area contributed by atoms with Crippen molar-refractivity contribution >= 4 is 10.0 Å². The van der Waals surface area contributed by atoms with E-state index < -0.39 is 10.0 Å². The molecule has 0 radical (unpaired) electrons. The fourth-order valence-electron chi connectivity index (χ4n) is 2.89. The summed E-state index contributed by atoms with van der Waals surface area (Å²) in [5.41, 5.74) is 1.08. The van der Waals surface area contributed by atoms with Gasteiger partial charge in [-0.15, -0.1) is 0 Å². The van der Waals surface area contributed by atoms with Crippen molar-refractivity contribution in [1.29, 1.82) is 5.26 Å². The first-order valence-electron chi connectivity index (χ1n) is 7.60. The molecule has 1 fully saturated rings. The number of ether oxygens (including phenoxy) is 1. The van der Waals surface area contributed by atoms with Gasteiger partial charge in [0, 0.05) is 37.9 Å². The van der Waals surface area contributed by atoms with Gasteiger partial charge in [0.1, 0.15) is 6.07 Å². The molecule has 1 saturated heterocycles. The molecule has 0 amide bonds. The molecule has 1 aromatic heterocycles. The Morgan fingerprint density at radius 3 is 2.96 bits per heavy atom. The molecule has 126 valence electrons. The molecule has 0 saturated carbocycles. The number of rotatable bonds is 5. The highest BCUT2D eigenvalue weighted by atomic mass is 32.2. The molecule has 3 rings (SSSR count). The number of nitriles is 1. The van der Waals surface area contributed by atoms with Crippen LogP contribution < -0.4 is 4.72 Å². The monoisotopic (exact) mass is 346 g/mol. The number of hydrogen-bond donors (Lipinski definition) is 1. The SMILES string of the molecule is Cn1cc([C@@H]2OCC[C@H]2CNS(=O)(=O)c2ccccc2C#N)cn1. The van der Waals surface area contributed by atoms with Crippen LogP contribution in [-0.2, 0) is 21.8 Å². The molecule has 1 N–H and O–H groups in total. The topological polar surface area (TPSA) is 97.0 Å². The Morgan fingerprint density at radius 2 is 2.25 bits per heavy atom. The summed E-state index contributed by atoms with van der Waals surface area (Å²) in [6.07, 6.45) is 4.21. The van der Waals surface area contributed by atoms with Gasteiger partial charge in [-0.2, -0.15) is 10.4 Å². The summed E-state index contributed by atoms with van der Waals surface area (Å²) in [7, 11) is -1.91. The van der Waals surface area contributed by atoms with Crippen LogP contribution in [0.4, 0.5) is 0 Å². The fourth-order valence-corrected chi connectivity index (χ4v) is 4.14. The Hall–Kier alpha value is -2.21.